The summed E-state index contributed by atoms with van der Waals surface area (Å²) in [6, 6.07) is 19.8. The zero-order valence-electron chi connectivity index (χ0n) is 23.4. The van der Waals surface area contributed by atoms with Gasteiger partial charge in [-0.05, 0) is 60.2 Å². The summed E-state index contributed by atoms with van der Waals surface area (Å²) in [7, 11) is 4.21. The summed E-state index contributed by atoms with van der Waals surface area (Å²) in [5.41, 5.74) is 7.45. The van der Waals surface area contributed by atoms with Gasteiger partial charge in [0.2, 0.25) is 0 Å². The lowest BCUT2D eigenvalue weighted by Crippen LogP contribution is -2.27. The molecule has 0 aliphatic heterocycles. The minimum absolute atomic E-state index is 0. The van der Waals surface area contributed by atoms with E-state index in [9.17, 15) is 14.7 Å². The third-order valence-electron chi connectivity index (χ3n) is 6.55. The topological polar surface area (TPSA) is 135 Å². The van der Waals surface area contributed by atoms with Gasteiger partial charge in [0.15, 0.2) is 11.5 Å². The molecular weight excluding hydrogens is 597 g/mol. The molecule has 2 heterocycles. The minimum Gasteiger partial charge on any atom is -0.507 e. The fourth-order valence-electron chi connectivity index (χ4n) is 4.64. The van der Waals surface area contributed by atoms with Gasteiger partial charge in [0.25, 0.3) is 5.56 Å². The number of pyridine rings is 2. The Hall–Kier alpha value is -4.93. The van der Waals surface area contributed by atoms with Crippen LogP contribution in [0.25, 0.3) is 27.6 Å². The second-order valence-electron chi connectivity index (χ2n) is 8.99. The van der Waals surface area contributed by atoms with Crippen molar-refractivity contribution in [2.75, 3.05) is 27.1 Å². The smallest absolute Gasteiger partial charge is 0.355 e. The van der Waals surface area contributed by atoms with E-state index in [2.05, 4.69) is 4.98 Å². The van der Waals surface area contributed by atoms with Gasteiger partial charge in [-0.15, -0.1) is 24.8 Å². The fraction of sp³-hybridized carbons (Fsp3) is 0.129. The van der Waals surface area contributed by atoms with Crippen molar-refractivity contribution < 1.29 is 28.8 Å². The molecule has 0 amide bonds. The second-order valence-corrected chi connectivity index (χ2v) is 8.99. The van der Waals surface area contributed by atoms with Crippen LogP contribution < -0.4 is 25.5 Å². The average Bonchev–Trinajstić information content (AvgIpc) is 3.00. The number of anilines is 1. The number of hydrogen-bond donors (Lipinski definition) is 2. The first-order valence-corrected chi connectivity index (χ1v) is 12.5. The molecule has 0 bridgehead atoms. The van der Waals surface area contributed by atoms with Gasteiger partial charge >= 0.3 is 5.97 Å². The van der Waals surface area contributed by atoms with Gasteiger partial charge < -0.3 is 29.8 Å². The minimum atomic E-state index is -0.791. The van der Waals surface area contributed by atoms with Gasteiger partial charge in [-0.3, -0.25) is 14.3 Å². The molecule has 0 aliphatic rings. The van der Waals surface area contributed by atoms with Gasteiger partial charge in [-0.25, -0.2) is 4.79 Å². The van der Waals surface area contributed by atoms with E-state index >= 15 is 0 Å². The van der Waals surface area contributed by atoms with Crippen molar-refractivity contribution in [3.8, 4) is 39.8 Å². The Morgan fingerprint density at radius 3 is 2.28 bits per heavy atom. The van der Waals surface area contributed by atoms with E-state index in [4.69, 9.17) is 24.7 Å². The van der Waals surface area contributed by atoms with Gasteiger partial charge in [0, 0.05) is 34.6 Å². The average molecular weight is 626 g/mol. The van der Waals surface area contributed by atoms with E-state index in [1.807, 2.05) is 6.07 Å². The van der Waals surface area contributed by atoms with E-state index in [1.165, 1.54) is 38.0 Å². The van der Waals surface area contributed by atoms with Crippen molar-refractivity contribution in [3.05, 3.63) is 101 Å². The molecule has 2 aromatic heterocycles. The normalized spacial score (nSPS) is 10.3. The number of nitrogens with two attached hydrogens (primary N) is 1. The summed E-state index contributed by atoms with van der Waals surface area (Å²) >= 11 is 0. The van der Waals surface area contributed by atoms with Crippen LogP contribution in [0.3, 0.4) is 0 Å². The van der Waals surface area contributed by atoms with Crippen molar-refractivity contribution in [1.82, 2.24) is 9.55 Å². The van der Waals surface area contributed by atoms with Crippen LogP contribution in [0.4, 0.5) is 5.69 Å². The van der Waals surface area contributed by atoms with Crippen LogP contribution >= 0.6 is 24.8 Å². The standard InChI is InChI=1S/C31H27N3O7.2ClH/c1-38-25-12-7-18(14-26(25)39-2)27-28-23(15-22(16-24(28)35)41-17-20-6-4-5-13-33-20)30(36)34(29(27)31(37)40-3)21-10-8-19(32)9-11-21;;/h4-16,35H,17,32H2,1-3H3;2*1H. The molecule has 12 heteroatoms. The monoisotopic (exact) mass is 625 g/mol. The summed E-state index contributed by atoms with van der Waals surface area (Å²) in [5, 5.41) is 11.6. The zero-order chi connectivity index (χ0) is 29.1. The largest absolute Gasteiger partial charge is 0.507 e. The van der Waals surface area contributed by atoms with Gasteiger partial charge in [0.05, 0.1) is 32.4 Å². The number of methoxy groups -OCH3 is 3. The third-order valence-corrected chi connectivity index (χ3v) is 6.55. The first-order valence-electron chi connectivity index (χ1n) is 12.5. The molecule has 0 saturated carbocycles. The van der Waals surface area contributed by atoms with Crippen LogP contribution in [0, 0.1) is 0 Å². The number of phenolic OH excluding ortho intramolecular Hbond substituents is 1. The maximum Gasteiger partial charge on any atom is 0.355 e. The molecule has 5 aromatic rings. The number of carbonyl (C=O) groups excluding carboxylic acids is 1. The Balaban J connectivity index is 0.00000253. The molecule has 0 saturated heterocycles. The van der Waals surface area contributed by atoms with Gasteiger partial charge in [0.1, 0.15) is 23.8 Å². The number of hydrogen-bond acceptors (Lipinski definition) is 9. The number of rotatable bonds is 8. The summed E-state index contributed by atoms with van der Waals surface area (Å²) in [6.07, 6.45) is 1.64. The summed E-state index contributed by atoms with van der Waals surface area (Å²) < 4.78 is 23.2. The van der Waals surface area contributed by atoms with E-state index in [1.54, 1.807) is 60.8 Å². The highest BCUT2D eigenvalue weighted by Gasteiger charge is 2.28. The third kappa shape index (κ3) is 6.30. The Kier molecular flexibility index (Phi) is 10.5. The molecular formula is C31H29Cl2N3O7. The highest BCUT2D eigenvalue weighted by molar-refractivity contribution is 6.10. The van der Waals surface area contributed by atoms with E-state index in [0.717, 1.165) is 0 Å². The molecule has 3 aromatic carbocycles. The number of aromatic nitrogens is 2. The lowest BCUT2D eigenvalue weighted by Gasteiger charge is -2.20. The van der Waals surface area contributed by atoms with E-state index < -0.39 is 11.5 Å². The molecule has 3 N–H and O–H groups in total. The Bertz CT molecular complexity index is 1810. The van der Waals surface area contributed by atoms with Gasteiger partial charge in [-0.2, -0.15) is 0 Å². The molecule has 224 valence electrons. The summed E-state index contributed by atoms with van der Waals surface area (Å²) in [4.78, 5) is 31.8. The van der Waals surface area contributed by atoms with Crippen LogP contribution in [0.15, 0.2) is 83.8 Å². The lowest BCUT2D eigenvalue weighted by atomic mass is 9.95. The predicted molar refractivity (Wildman–Crippen MR) is 169 cm³/mol. The number of fused-ring (bicyclic) bond motifs is 1. The fourth-order valence-corrected chi connectivity index (χ4v) is 4.64. The highest BCUT2D eigenvalue weighted by atomic mass is 35.5. The first-order chi connectivity index (χ1) is 19.9. The van der Waals surface area contributed by atoms with Crippen LogP contribution in [0.1, 0.15) is 16.2 Å². The zero-order valence-corrected chi connectivity index (χ0v) is 25.0. The number of carbonyl (C=O) groups is 1. The number of benzene rings is 3. The number of nitrogen functional groups attached to an aromatic ring is 1. The lowest BCUT2D eigenvalue weighted by molar-refractivity contribution is 0.0591. The SMILES string of the molecule is COC(=O)c1c(-c2ccc(OC)c(OC)c2)c2c(O)cc(OCc3ccccn3)cc2c(=O)n1-c1ccc(N)cc1.Cl.Cl. The number of aromatic hydroxyl groups is 1. The summed E-state index contributed by atoms with van der Waals surface area (Å²) in [5.74, 6) is 0.0247. The number of halogens is 2. The highest BCUT2D eigenvalue weighted by Crippen LogP contribution is 2.42. The number of ether oxygens (including phenoxy) is 4. The molecule has 0 unspecified atom stereocenters. The number of esters is 1. The Morgan fingerprint density at radius 1 is 0.930 bits per heavy atom. The Labute approximate surface area is 259 Å². The van der Waals surface area contributed by atoms with Crippen LogP contribution in [-0.2, 0) is 11.3 Å². The second kappa shape index (κ2) is 13.8. The number of phenols is 1. The predicted octanol–water partition coefficient (Wildman–Crippen LogP) is 5.57. The van der Waals surface area contributed by atoms with Gasteiger partial charge in [-0.1, -0.05) is 12.1 Å². The first kappa shape index (κ1) is 32.6. The quantitative estimate of drug-likeness (QED) is 0.168. The molecule has 0 aliphatic carbocycles. The van der Waals surface area contributed by atoms with Crippen molar-refractivity contribution >= 4 is 47.2 Å². The molecule has 43 heavy (non-hydrogen) atoms. The molecule has 0 spiro atoms. The molecule has 0 radical (unpaired) electrons. The van der Waals surface area contributed by atoms with Crippen LogP contribution in [0.2, 0.25) is 0 Å². The van der Waals surface area contributed by atoms with Crippen LogP contribution in [-0.4, -0.2) is 42.0 Å². The van der Waals surface area contributed by atoms with Crippen molar-refractivity contribution in [2.45, 2.75) is 6.61 Å². The molecule has 5 rings (SSSR count). The molecule has 10 nitrogen and oxygen atoms in total. The van der Waals surface area contributed by atoms with Crippen molar-refractivity contribution in [1.29, 1.82) is 0 Å². The summed E-state index contributed by atoms with van der Waals surface area (Å²) in [6.45, 7) is 0.112. The maximum absolute atomic E-state index is 14.1. The molecule has 0 fully saturated rings. The van der Waals surface area contributed by atoms with E-state index in [0.29, 0.717) is 34.1 Å². The maximum atomic E-state index is 14.1. The number of nitrogens with zero attached hydrogens (tertiary/aromatic N) is 2. The van der Waals surface area contributed by atoms with Crippen LogP contribution in [0.5, 0.6) is 23.0 Å². The van der Waals surface area contributed by atoms with Crippen molar-refractivity contribution in [3.63, 3.8) is 0 Å². The van der Waals surface area contributed by atoms with E-state index in [-0.39, 0.29) is 64.9 Å². The molecule has 0 atom stereocenters. The Morgan fingerprint density at radius 2 is 1.65 bits per heavy atom. The van der Waals surface area contributed by atoms with Crippen molar-refractivity contribution in [2.24, 2.45) is 0 Å².